The second kappa shape index (κ2) is 6.59. The molecule has 20 heavy (non-hydrogen) atoms. The highest BCUT2D eigenvalue weighted by Gasteiger charge is 2.28. The third-order valence-corrected chi connectivity index (χ3v) is 3.42. The number of hydrogen-bond donors (Lipinski definition) is 2. The molecule has 0 aliphatic carbocycles. The maximum absolute atomic E-state index is 10.7. The van der Waals surface area contributed by atoms with E-state index in [-0.39, 0.29) is 11.6 Å². The summed E-state index contributed by atoms with van der Waals surface area (Å²) in [5, 5.41) is 14.2. The third-order valence-electron chi connectivity index (χ3n) is 3.42. The smallest absolute Gasteiger partial charge is 0.121 e. The van der Waals surface area contributed by atoms with Crippen molar-refractivity contribution in [3.63, 3.8) is 0 Å². The number of rotatable bonds is 5. The Labute approximate surface area is 123 Å². The normalized spacial score (nSPS) is 15.2. The van der Waals surface area contributed by atoms with Gasteiger partial charge in [-0.2, -0.15) is 0 Å². The average molecular weight is 279 g/mol. The van der Waals surface area contributed by atoms with E-state index in [1.807, 2.05) is 25.1 Å². The van der Waals surface area contributed by atoms with Crippen molar-refractivity contribution in [3.8, 4) is 5.75 Å². The number of ether oxygens (including phenoxy) is 1. The monoisotopic (exact) mass is 279 g/mol. The number of aliphatic hydroxyl groups is 1. The van der Waals surface area contributed by atoms with Crippen molar-refractivity contribution in [2.45, 2.75) is 59.2 Å². The highest BCUT2D eigenvalue weighted by atomic mass is 16.5. The van der Waals surface area contributed by atoms with E-state index in [2.05, 4.69) is 39.9 Å². The van der Waals surface area contributed by atoms with E-state index in [1.54, 1.807) is 7.11 Å². The number of nitrogens with one attached hydrogen (secondary N) is 1. The first-order valence-electron chi connectivity index (χ1n) is 7.26. The van der Waals surface area contributed by atoms with Gasteiger partial charge in [-0.15, -0.1) is 0 Å². The lowest BCUT2D eigenvalue weighted by Gasteiger charge is -2.34. The molecular formula is C17H29NO2. The molecule has 0 radical (unpaired) electrons. The predicted molar refractivity (Wildman–Crippen MR) is 84.2 cm³/mol. The predicted octanol–water partition coefficient (Wildman–Crippen LogP) is 3.45. The molecule has 0 bridgehead atoms. The number of hydrogen-bond acceptors (Lipinski definition) is 3. The molecule has 2 atom stereocenters. The molecule has 0 fully saturated rings. The molecule has 0 amide bonds. The second-order valence-corrected chi connectivity index (χ2v) is 6.84. The molecule has 1 aromatic rings. The summed E-state index contributed by atoms with van der Waals surface area (Å²) in [5.74, 6) is 1.19. The zero-order valence-electron chi connectivity index (χ0n) is 13.8. The summed E-state index contributed by atoms with van der Waals surface area (Å²) >= 11 is 0. The summed E-state index contributed by atoms with van der Waals surface area (Å²) < 4.78 is 5.27. The Bertz CT molecular complexity index is 435. The van der Waals surface area contributed by atoms with E-state index < -0.39 is 6.10 Å². The molecule has 0 aliphatic rings. The van der Waals surface area contributed by atoms with E-state index in [0.717, 1.165) is 16.9 Å². The number of benzene rings is 1. The van der Waals surface area contributed by atoms with Crippen LogP contribution in [0.15, 0.2) is 18.2 Å². The van der Waals surface area contributed by atoms with Gasteiger partial charge in [-0.25, -0.2) is 0 Å². The van der Waals surface area contributed by atoms with E-state index in [9.17, 15) is 5.11 Å². The van der Waals surface area contributed by atoms with Crippen LogP contribution in [0.5, 0.6) is 5.75 Å². The average Bonchev–Trinajstić information content (AvgIpc) is 2.33. The third kappa shape index (κ3) is 4.50. The number of aliphatic hydroxyl groups excluding tert-OH is 1. The Morgan fingerprint density at radius 1 is 1.20 bits per heavy atom. The van der Waals surface area contributed by atoms with Crippen molar-refractivity contribution in [1.82, 2.24) is 5.32 Å². The molecule has 0 spiro atoms. The van der Waals surface area contributed by atoms with Gasteiger partial charge in [0.2, 0.25) is 0 Å². The van der Waals surface area contributed by atoms with Crippen molar-refractivity contribution >= 4 is 0 Å². The van der Waals surface area contributed by atoms with Gasteiger partial charge < -0.3 is 15.2 Å². The zero-order chi connectivity index (χ0) is 15.5. The molecule has 0 aliphatic heterocycles. The van der Waals surface area contributed by atoms with Crippen LogP contribution in [0.4, 0.5) is 0 Å². The highest BCUT2D eigenvalue weighted by Crippen LogP contribution is 2.27. The molecule has 2 unspecified atom stereocenters. The fourth-order valence-corrected chi connectivity index (χ4v) is 2.40. The van der Waals surface area contributed by atoms with Gasteiger partial charge in [-0.1, -0.05) is 19.9 Å². The van der Waals surface area contributed by atoms with Crippen LogP contribution < -0.4 is 10.1 Å². The van der Waals surface area contributed by atoms with Crippen LogP contribution >= 0.6 is 0 Å². The zero-order valence-corrected chi connectivity index (χ0v) is 13.8. The molecule has 114 valence electrons. The summed E-state index contributed by atoms with van der Waals surface area (Å²) in [6.45, 7) is 12.6. The largest absolute Gasteiger partial charge is 0.496 e. The van der Waals surface area contributed by atoms with Crippen molar-refractivity contribution in [2.75, 3.05) is 7.11 Å². The maximum atomic E-state index is 10.7. The number of aryl methyl sites for hydroxylation is 1. The second-order valence-electron chi connectivity index (χ2n) is 6.84. The van der Waals surface area contributed by atoms with Gasteiger partial charge in [-0.3, -0.25) is 0 Å². The molecule has 0 heterocycles. The van der Waals surface area contributed by atoms with Crippen molar-refractivity contribution in [2.24, 2.45) is 5.92 Å². The van der Waals surface area contributed by atoms with Crippen molar-refractivity contribution in [3.05, 3.63) is 29.3 Å². The fraction of sp³-hybridized carbons (Fsp3) is 0.647. The van der Waals surface area contributed by atoms with Gasteiger partial charge in [-0.05, 0) is 56.9 Å². The summed E-state index contributed by atoms with van der Waals surface area (Å²) in [4.78, 5) is 0. The Balaban J connectivity index is 3.00. The minimum Gasteiger partial charge on any atom is -0.496 e. The van der Waals surface area contributed by atoms with Crippen LogP contribution in [0.2, 0.25) is 0 Å². The van der Waals surface area contributed by atoms with Gasteiger partial charge in [0.15, 0.2) is 0 Å². The summed E-state index contributed by atoms with van der Waals surface area (Å²) in [5.41, 5.74) is 1.94. The Hall–Kier alpha value is -1.06. The summed E-state index contributed by atoms with van der Waals surface area (Å²) in [7, 11) is 1.66. The quantitative estimate of drug-likeness (QED) is 0.867. The van der Waals surface area contributed by atoms with E-state index in [0.29, 0.717) is 5.92 Å². The first kappa shape index (κ1) is 17.0. The first-order chi connectivity index (χ1) is 9.15. The van der Waals surface area contributed by atoms with Crippen molar-refractivity contribution in [1.29, 1.82) is 0 Å². The maximum Gasteiger partial charge on any atom is 0.121 e. The molecular weight excluding hydrogens is 250 g/mol. The molecule has 0 saturated carbocycles. The molecule has 3 heteroatoms. The summed E-state index contributed by atoms with van der Waals surface area (Å²) in [6.07, 6.45) is -0.529. The molecule has 1 aromatic carbocycles. The van der Waals surface area contributed by atoms with Gasteiger partial charge in [0.1, 0.15) is 5.75 Å². The van der Waals surface area contributed by atoms with Crippen molar-refractivity contribution < 1.29 is 9.84 Å². The topological polar surface area (TPSA) is 41.5 Å². The summed E-state index contributed by atoms with van der Waals surface area (Å²) in [6, 6.07) is 5.88. The van der Waals surface area contributed by atoms with Crippen LogP contribution in [0, 0.1) is 12.8 Å². The molecule has 2 N–H and O–H groups in total. The first-order valence-corrected chi connectivity index (χ1v) is 7.26. The van der Waals surface area contributed by atoms with Crippen LogP contribution in [-0.4, -0.2) is 23.8 Å². The highest BCUT2D eigenvalue weighted by molar-refractivity contribution is 5.37. The van der Waals surface area contributed by atoms with Crippen LogP contribution in [0.3, 0.4) is 0 Å². The van der Waals surface area contributed by atoms with Gasteiger partial charge in [0.05, 0.1) is 13.2 Å². The van der Waals surface area contributed by atoms with Crippen LogP contribution in [-0.2, 0) is 0 Å². The lowest BCUT2D eigenvalue weighted by Crippen LogP contribution is -2.49. The van der Waals surface area contributed by atoms with Crippen LogP contribution in [0.1, 0.15) is 51.8 Å². The fourth-order valence-electron chi connectivity index (χ4n) is 2.40. The lowest BCUT2D eigenvalue weighted by atomic mass is 9.90. The molecule has 0 aromatic heterocycles. The minimum absolute atomic E-state index is 0.0165. The Morgan fingerprint density at radius 3 is 2.20 bits per heavy atom. The Morgan fingerprint density at radius 2 is 1.80 bits per heavy atom. The minimum atomic E-state index is -0.529. The number of methoxy groups -OCH3 is 1. The van der Waals surface area contributed by atoms with Crippen LogP contribution in [0.25, 0.3) is 0 Å². The van der Waals surface area contributed by atoms with Gasteiger partial charge in [0.25, 0.3) is 0 Å². The van der Waals surface area contributed by atoms with Gasteiger partial charge >= 0.3 is 0 Å². The van der Waals surface area contributed by atoms with Gasteiger partial charge in [0, 0.05) is 11.6 Å². The molecule has 3 nitrogen and oxygen atoms in total. The molecule has 0 saturated heterocycles. The van der Waals surface area contributed by atoms with E-state index in [1.165, 1.54) is 0 Å². The molecule has 1 rings (SSSR count). The standard InChI is InChI=1S/C17H29NO2/c1-11(2)15(18-17(4,5)6)16(19)13-8-9-14(20-7)12(3)10-13/h8-11,15-16,18-19H,1-7H3. The SMILES string of the molecule is COc1ccc(C(O)C(NC(C)(C)C)C(C)C)cc1C. The Kier molecular flexibility index (Phi) is 5.60. The van der Waals surface area contributed by atoms with E-state index in [4.69, 9.17) is 4.74 Å². The van der Waals surface area contributed by atoms with E-state index >= 15 is 0 Å². The lowest BCUT2D eigenvalue weighted by molar-refractivity contribution is 0.0893.